The Bertz CT molecular complexity index is 961. The lowest BCUT2D eigenvalue weighted by Crippen LogP contribution is -2.40. The molecular weight excluding hydrogens is 356 g/mol. The summed E-state index contributed by atoms with van der Waals surface area (Å²) in [5.41, 5.74) is 6.88. The summed E-state index contributed by atoms with van der Waals surface area (Å²) < 4.78 is 3.53. The fraction of sp³-hybridized carbons (Fsp3) is 0.300. The third-order valence-corrected chi connectivity index (χ3v) is 5.03. The minimum Gasteiger partial charge on any atom is -0.368 e. The molecule has 8 nitrogen and oxygen atoms in total. The van der Waals surface area contributed by atoms with Crippen LogP contribution in [0, 0.1) is 0 Å². The summed E-state index contributed by atoms with van der Waals surface area (Å²) in [6.45, 7) is 1.40. The highest BCUT2D eigenvalue weighted by molar-refractivity contribution is 5.94. The number of primary amides is 1. The molecular formula is C20H22N6O2. The zero-order chi connectivity index (χ0) is 19.5. The van der Waals surface area contributed by atoms with E-state index in [1.54, 1.807) is 27.8 Å². The van der Waals surface area contributed by atoms with Crippen molar-refractivity contribution in [1.82, 2.24) is 24.2 Å². The largest absolute Gasteiger partial charge is 0.368 e. The number of benzene rings is 1. The molecule has 28 heavy (non-hydrogen) atoms. The quantitative estimate of drug-likeness (QED) is 0.728. The van der Waals surface area contributed by atoms with Gasteiger partial charge in [0.05, 0.1) is 5.69 Å². The topological polar surface area (TPSA) is 99.0 Å². The Balaban J connectivity index is 1.48. The molecule has 4 rings (SSSR count). The number of likely N-dealkylation sites (tertiary alicyclic amines) is 1. The van der Waals surface area contributed by atoms with E-state index in [1.165, 1.54) is 0 Å². The number of piperidine rings is 1. The van der Waals surface area contributed by atoms with Crippen LogP contribution in [0.1, 0.15) is 34.9 Å². The van der Waals surface area contributed by atoms with E-state index < -0.39 is 5.91 Å². The molecule has 0 aliphatic carbocycles. The van der Waals surface area contributed by atoms with Gasteiger partial charge in [0.15, 0.2) is 0 Å². The standard InChI is InChI=1S/C20H22N6O2/c21-18(27)14-24-12-9-22-19(24)16-3-1-10-25(13-16)20(28)15-4-6-17(7-5-15)26-11-2-8-23-26/h2,4-9,11-12,16H,1,3,10,13-14H2,(H2,21,27). The molecule has 3 heterocycles. The van der Waals surface area contributed by atoms with Crippen molar-refractivity contribution in [2.45, 2.75) is 25.3 Å². The molecule has 2 N–H and O–H groups in total. The Morgan fingerprint density at radius 1 is 1.14 bits per heavy atom. The van der Waals surface area contributed by atoms with Gasteiger partial charge >= 0.3 is 0 Å². The first-order chi connectivity index (χ1) is 13.6. The first kappa shape index (κ1) is 18.0. The predicted octanol–water partition coefficient (Wildman–Crippen LogP) is 1.57. The van der Waals surface area contributed by atoms with E-state index in [0.717, 1.165) is 24.4 Å². The van der Waals surface area contributed by atoms with Crippen LogP contribution in [0.3, 0.4) is 0 Å². The molecule has 144 valence electrons. The maximum absolute atomic E-state index is 13.0. The summed E-state index contributed by atoms with van der Waals surface area (Å²) in [4.78, 5) is 30.5. The van der Waals surface area contributed by atoms with E-state index in [4.69, 9.17) is 5.73 Å². The van der Waals surface area contributed by atoms with E-state index in [2.05, 4.69) is 10.1 Å². The number of nitrogens with two attached hydrogens (primary N) is 1. The highest BCUT2D eigenvalue weighted by Crippen LogP contribution is 2.27. The zero-order valence-electron chi connectivity index (χ0n) is 15.4. The SMILES string of the molecule is NC(=O)Cn1ccnc1C1CCCN(C(=O)c2ccc(-n3cccn3)cc2)C1. The van der Waals surface area contributed by atoms with Gasteiger partial charge in [-0.05, 0) is 43.2 Å². The lowest BCUT2D eigenvalue weighted by Gasteiger charge is -2.32. The van der Waals surface area contributed by atoms with Gasteiger partial charge in [-0.1, -0.05) is 0 Å². The first-order valence-corrected chi connectivity index (χ1v) is 9.30. The van der Waals surface area contributed by atoms with Crippen molar-refractivity contribution in [2.75, 3.05) is 13.1 Å². The molecule has 1 aromatic carbocycles. The Morgan fingerprint density at radius 2 is 1.96 bits per heavy atom. The fourth-order valence-electron chi connectivity index (χ4n) is 3.72. The van der Waals surface area contributed by atoms with E-state index in [1.807, 2.05) is 41.4 Å². The van der Waals surface area contributed by atoms with Gasteiger partial charge in [0.25, 0.3) is 5.91 Å². The molecule has 1 aliphatic rings. The molecule has 0 spiro atoms. The van der Waals surface area contributed by atoms with Crippen LogP contribution in [0.2, 0.25) is 0 Å². The molecule has 1 aliphatic heterocycles. The molecule has 3 aromatic rings. The molecule has 0 radical (unpaired) electrons. The highest BCUT2D eigenvalue weighted by Gasteiger charge is 2.28. The van der Waals surface area contributed by atoms with E-state index >= 15 is 0 Å². The lowest BCUT2D eigenvalue weighted by atomic mass is 9.96. The van der Waals surface area contributed by atoms with Crippen LogP contribution in [-0.4, -0.2) is 49.1 Å². The second-order valence-corrected chi connectivity index (χ2v) is 6.97. The van der Waals surface area contributed by atoms with Gasteiger partial charge in [0.1, 0.15) is 12.4 Å². The van der Waals surface area contributed by atoms with Crippen molar-refractivity contribution in [3.63, 3.8) is 0 Å². The smallest absolute Gasteiger partial charge is 0.253 e. The fourth-order valence-corrected chi connectivity index (χ4v) is 3.72. The van der Waals surface area contributed by atoms with Gasteiger partial charge in [0, 0.05) is 49.4 Å². The lowest BCUT2D eigenvalue weighted by molar-refractivity contribution is -0.118. The molecule has 2 amide bonds. The van der Waals surface area contributed by atoms with Crippen LogP contribution in [0.4, 0.5) is 0 Å². The number of carbonyl (C=O) groups excluding carboxylic acids is 2. The summed E-state index contributed by atoms with van der Waals surface area (Å²) in [5, 5.41) is 4.20. The van der Waals surface area contributed by atoms with Gasteiger partial charge in [-0.3, -0.25) is 9.59 Å². The van der Waals surface area contributed by atoms with Crippen LogP contribution in [0.5, 0.6) is 0 Å². The molecule has 2 aromatic heterocycles. The molecule has 0 bridgehead atoms. The monoisotopic (exact) mass is 378 g/mol. The molecule has 1 unspecified atom stereocenters. The Kier molecular flexibility index (Phi) is 4.92. The second kappa shape index (κ2) is 7.67. The molecule has 1 saturated heterocycles. The molecule has 8 heteroatoms. The average Bonchev–Trinajstić information content (AvgIpc) is 3.39. The maximum atomic E-state index is 13.0. The molecule has 1 fully saturated rings. The Hall–Kier alpha value is -3.42. The van der Waals surface area contributed by atoms with Crippen LogP contribution in [0.15, 0.2) is 55.1 Å². The first-order valence-electron chi connectivity index (χ1n) is 9.30. The third kappa shape index (κ3) is 3.66. The van der Waals surface area contributed by atoms with Crippen LogP contribution < -0.4 is 5.73 Å². The highest BCUT2D eigenvalue weighted by atomic mass is 16.2. The summed E-state index contributed by atoms with van der Waals surface area (Å²) in [6, 6.07) is 9.30. The van der Waals surface area contributed by atoms with Gasteiger partial charge < -0.3 is 15.2 Å². The maximum Gasteiger partial charge on any atom is 0.253 e. The Morgan fingerprint density at radius 3 is 2.68 bits per heavy atom. The molecule has 1 atom stereocenters. The summed E-state index contributed by atoms with van der Waals surface area (Å²) in [6.07, 6.45) is 8.83. The number of hydrogen-bond acceptors (Lipinski definition) is 4. The number of amides is 2. The van der Waals surface area contributed by atoms with Crippen LogP contribution >= 0.6 is 0 Å². The number of aromatic nitrogens is 4. The van der Waals surface area contributed by atoms with Crippen molar-refractivity contribution < 1.29 is 9.59 Å². The molecule has 0 saturated carbocycles. The van der Waals surface area contributed by atoms with Crippen LogP contribution in [-0.2, 0) is 11.3 Å². The number of carbonyl (C=O) groups is 2. The van der Waals surface area contributed by atoms with Crippen molar-refractivity contribution in [2.24, 2.45) is 5.73 Å². The van der Waals surface area contributed by atoms with E-state index in [0.29, 0.717) is 18.7 Å². The second-order valence-electron chi connectivity index (χ2n) is 6.97. The van der Waals surface area contributed by atoms with Crippen LogP contribution in [0.25, 0.3) is 5.69 Å². The average molecular weight is 378 g/mol. The van der Waals surface area contributed by atoms with E-state index in [9.17, 15) is 9.59 Å². The third-order valence-electron chi connectivity index (χ3n) is 5.03. The van der Waals surface area contributed by atoms with E-state index in [-0.39, 0.29) is 18.4 Å². The minimum absolute atomic E-state index is 0.00437. The minimum atomic E-state index is -0.403. The van der Waals surface area contributed by atoms with Crippen molar-refractivity contribution in [1.29, 1.82) is 0 Å². The van der Waals surface area contributed by atoms with Crippen molar-refractivity contribution >= 4 is 11.8 Å². The summed E-state index contributed by atoms with van der Waals surface area (Å²) >= 11 is 0. The van der Waals surface area contributed by atoms with Gasteiger partial charge in [-0.15, -0.1) is 0 Å². The number of nitrogens with zero attached hydrogens (tertiary/aromatic N) is 5. The van der Waals surface area contributed by atoms with Crippen molar-refractivity contribution in [3.8, 4) is 5.69 Å². The van der Waals surface area contributed by atoms with Gasteiger partial charge in [-0.25, -0.2) is 9.67 Å². The number of rotatable bonds is 5. The predicted molar refractivity (Wildman–Crippen MR) is 103 cm³/mol. The number of hydrogen-bond donors (Lipinski definition) is 1. The van der Waals surface area contributed by atoms with Gasteiger partial charge in [-0.2, -0.15) is 5.10 Å². The van der Waals surface area contributed by atoms with Gasteiger partial charge in [0.2, 0.25) is 5.91 Å². The normalized spacial score (nSPS) is 16.9. The summed E-state index contributed by atoms with van der Waals surface area (Å²) in [5.74, 6) is 0.505. The number of imidazole rings is 1. The summed E-state index contributed by atoms with van der Waals surface area (Å²) in [7, 11) is 0. The van der Waals surface area contributed by atoms with Crippen molar-refractivity contribution in [3.05, 3.63) is 66.5 Å². The Labute approximate surface area is 162 Å². The zero-order valence-corrected chi connectivity index (χ0v) is 15.4.